The van der Waals surface area contributed by atoms with Crippen molar-refractivity contribution in [1.29, 1.82) is 0 Å². The fourth-order valence-electron chi connectivity index (χ4n) is 1.54. The lowest BCUT2D eigenvalue weighted by Crippen LogP contribution is -2.63. The third kappa shape index (κ3) is 1.94. The van der Waals surface area contributed by atoms with Gasteiger partial charge in [0.25, 0.3) is 0 Å². The number of rotatable bonds is 2. The molecule has 0 bridgehead atoms. The molecule has 2 heteroatoms. The zero-order valence-electron chi connectivity index (χ0n) is 7.96. The highest BCUT2D eigenvalue weighted by atomic mass is 16.3. The molecule has 66 valence electrons. The Morgan fingerprint density at radius 3 is 2.00 bits per heavy atom. The van der Waals surface area contributed by atoms with Crippen LogP contribution in [0.5, 0.6) is 0 Å². The second-order valence-electron chi connectivity index (χ2n) is 4.39. The van der Waals surface area contributed by atoms with Gasteiger partial charge in [-0.3, -0.25) is 4.90 Å². The molecule has 0 aromatic rings. The van der Waals surface area contributed by atoms with E-state index in [9.17, 15) is 5.11 Å². The molecule has 1 fully saturated rings. The van der Waals surface area contributed by atoms with Crippen molar-refractivity contribution in [3.63, 3.8) is 0 Å². The summed E-state index contributed by atoms with van der Waals surface area (Å²) < 4.78 is 0. The maximum absolute atomic E-state index is 9.47. The van der Waals surface area contributed by atoms with Gasteiger partial charge in [0.2, 0.25) is 0 Å². The summed E-state index contributed by atoms with van der Waals surface area (Å²) >= 11 is 0. The normalized spacial score (nSPS) is 26.7. The van der Waals surface area contributed by atoms with Crippen molar-refractivity contribution in [1.82, 2.24) is 4.90 Å². The van der Waals surface area contributed by atoms with Crippen molar-refractivity contribution in [3.8, 4) is 0 Å². The van der Waals surface area contributed by atoms with Crippen molar-refractivity contribution >= 4 is 0 Å². The highest BCUT2D eigenvalue weighted by molar-refractivity contribution is 4.94. The molecule has 0 radical (unpaired) electrons. The Bertz CT molecular complexity index is 134. The molecule has 1 heterocycles. The molecular weight excluding hydrogens is 138 g/mol. The van der Waals surface area contributed by atoms with E-state index in [1.807, 2.05) is 6.92 Å². The summed E-state index contributed by atoms with van der Waals surface area (Å²) in [6.45, 7) is 10.2. The first kappa shape index (κ1) is 9.01. The standard InChI is InChI=1S/C9H19NO/c1-7(2)8(3)10-5-9(4,11)6-10/h7-8,11H,5-6H2,1-4H3. The summed E-state index contributed by atoms with van der Waals surface area (Å²) in [5, 5.41) is 9.47. The van der Waals surface area contributed by atoms with E-state index in [0.29, 0.717) is 12.0 Å². The van der Waals surface area contributed by atoms with Crippen molar-refractivity contribution in [2.75, 3.05) is 13.1 Å². The largest absolute Gasteiger partial charge is 0.388 e. The third-order valence-electron chi connectivity index (χ3n) is 2.63. The lowest BCUT2D eigenvalue weighted by molar-refractivity contribution is -0.106. The first-order chi connectivity index (χ1) is 4.92. The molecule has 1 N–H and O–H groups in total. The van der Waals surface area contributed by atoms with E-state index < -0.39 is 5.60 Å². The van der Waals surface area contributed by atoms with Gasteiger partial charge >= 0.3 is 0 Å². The van der Waals surface area contributed by atoms with Crippen LogP contribution in [0.25, 0.3) is 0 Å². The fraction of sp³-hybridized carbons (Fsp3) is 1.00. The van der Waals surface area contributed by atoms with Crippen LogP contribution in [0.3, 0.4) is 0 Å². The summed E-state index contributed by atoms with van der Waals surface area (Å²) in [5.41, 5.74) is -0.414. The number of likely N-dealkylation sites (tertiary alicyclic amines) is 1. The zero-order chi connectivity index (χ0) is 8.65. The Morgan fingerprint density at radius 2 is 1.73 bits per heavy atom. The molecule has 1 rings (SSSR count). The molecule has 0 spiro atoms. The van der Waals surface area contributed by atoms with Crippen molar-refractivity contribution < 1.29 is 5.11 Å². The Labute approximate surface area is 69.2 Å². The second-order valence-corrected chi connectivity index (χ2v) is 4.39. The molecule has 11 heavy (non-hydrogen) atoms. The zero-order valence-corrected chi connectivity index (χ0v) is 7.96. The fourth-order valence-corrected chi connectivity index (χ4v) is 1.54. The van der Waals surface area contributed by atoms with E-state index >= 15 is 0 Å². The highest BCUT2D eigenvalue weighted by Gasteiger charge is 2.39. The number of aliphatic hydroxyl groups is 1. The topological polar surface area (TPSA) is 23.5 Å². The second kappa shape index (κ2) is 2.76. The smallest absolute Gasteiger partial charge is 0.0872 e. The average molecular weight is 157 g/mol. The molecule has 1 aliphatic heterocycles. The van der Waals surface area contributed by atoms with Gasteiger partial charge in [-0.1, -0.05) is 13.8 Å². The number of β-amino-alcohol motifs (C(OH)–C–C–N with tert-alkyl or cyclic N) is 1. The van der Waals surface area contributed by atoms with E-state index in [0.717, 1.165) is 13.1 Å². The van der Waals surface area contributed by atoms with E-state index in [2.05, 4.69) is 25.7 Å². The third-order valence-corrected chi connectivity index (χ3v) is 2.63. The van der Waals surface area contributed by atoms with Gasteiger partial charge in [-0.25, -0.2) is 0 Å². The van der Waals surface area contributed by atoms with Crippen molar-refractivity contribution in [3.05, 3.63) is 0 Å². The van der Waals surface area contributed by atoms with Gasteiger partial charge in [0.15, 0.2) is 0 Å². The van der Waals surface area contributed by atoms with E-state index in [-0.39, 0.29) is 0 Å². The average Bonchev–Trinajstić information content (AvgIpc) is 1.80. The molecule has 1 atom stereocenters. The predicted octanol–water partition coefficient (Wildman–Crippen LogP) is 1.10. The minimum Gasteiger partial charge on any atom is -0.388 e. The van der Waals surface area contributed by atoms with Gasteiger partial charge in [0.1, 0.15) is 0 Å². The maximum atomic E-state index is 9.47. The van der Waals surface area contributed by atoms with Gasteiger partial charge in [-0.05, 0) is 19.8 Å². The van der Waals surface area contributed by atoms with Gasteiger partial charge < -0.3 is 5.11 Å². The number of hydrogen-bond acceptors (Lipinski definition) is 2. The summed E-state index contributed by atoms with van der Waals surface area (Å²) in [6.07, 6.45) is 0. The van der Waals surface area contributed by atoms with Gasteiger partial charge in [0.05, 0.1) is 5.60 Å². The van der Waals surface area contributed by atoms with Crippen molar-refractivity contribution in [2.24, 2.45) is 5.92 Å². The van der Waals surface area contributed by atoms with E-state index in [1.54, 1.807) is 0 Å². The molecule has 1 unspecified atom stereocenters. The first-order valence-electron chi connectivity index (χ1n) is 4.39. The molecule has 0 aliphatic carbocycles. The number of hydrogen-bond donors (Lipinski definition) is 1. The molecule has 1 saturated heterocycles. The lowest BCUT2D eigenvalue weighted by atomic mass is 9.91. The minimum absolute atomic E-state index is 0.414. The molecule has 0 aromatic carbocycles. The predicted molar refractivity (Wildman–Crippen MR) is 46.5 cm³/mol. The van der Waals surface area contributed by atoms with Crippen LogP contribution in [-0.2, 0) is 0 Å². The SMILES string of the molecule is CC(C)C(C)N1CC(C)(O)C1. The maximum Gasteiger partial charge on any atom is 0.0872 e. The summed E-state index contributed by atoms with van der Waals surface area (Å²) in [6, 6.07) is 0.607. The van der Waals surface area contributed by atoms with E-state index in [1.165, 1.54) is 0 Å². The van der Waals surface area contributed by atoms with Crippen LogP contribution in [0.4, 0.5) is 0 Å². The number of nitrogens with zero attached hydrogens (tertiary/aromatic N) is 1. The van der Waals surface area contributed by atoms with Crippen molar-refractivity contribution in [2.45, 2.75) is 39.3 Å². The van der Waals surface area contributed by atoms with Crippen LogP contribution in [0, 0.1) is 5.92 Å². The summed E-state index contributed by atoms with van der Waals surface area (Å²) in [4.78, 5) is 2.32. The van der Waals surface area contributed by atoms with Crippen LogP contribution >= 0.6 is 0 Å². The molecule has 2 nitrogen and oxygen atoms in total. The van der Waals surface area contributed by atoms with Crippen LogP contribution in [0.2, 0.25) is 0 Å². The molecule has 0 aromatic heterocycles. The van der Waals surface area contributed by atoms with Crippen LogP contribution < -0.4 is 0 Å². The van der Waals surface area contributed by atoms with Gasteiger partial charge in [-0.15, -0.1) is 0 Å². The first-order valence-corrected chi connectivity index (χ1v) is 4.39. The van der Waals surface area contributed by atoms with Crippen LogP contribution in [0.15, 0.2) is 0 Å². The molecular formula is C9H19NO. The Kier molecular flexibility index (Phi) is 2.26. The van der Waals surface area contributed by atoms with Crippen LogP contribution in [-0.4, -0.2) is 34.7 Å². The van der Waals surface area contributed by atoms with Gasteiger partial charge in [0, 0.05) is 19.1 Å². The Hall–Kier alpha value is -0.0800. The van der Waals surface area contributed by atoms with E-state index in [4.69, 9.17) is 0 Å². The summed E-state index contributed by atoms with van der Waals surface area (Å²) in [7, 11) is 0. The molecule has 0 amide bonds. The van der Waals surface area contributed by atoms with Crippen LogP contribution in [0.1, 0.15) is 27.7 Å². The molecule has 1 aliphatic rings. The Balaban J connectivity index is 2.32. The summed E-state index contributed by atoms with van der Waals surface area (Å²) in [5.74, 6) is 0.686. The lowest BCUT2D eigenvalue weighted by Gasteiger charge is -2.48. The molecule has 0 saturated carbocycles. The van der Waals surface area contributed by atoms with Gasteiger partial charge in [-0.2, -0.15) is 0 Å². The minimum atomic E-state index is -0.414. The monoisotopic (exact) mass is 157 g/mol. The quantitative estimate of drug-likeness (QED) is 0.649. The Morgan fingerprint density at radius 1 is 1.27 bits per heavy atom. The highest BCUT2D eigenvalue weighted by Crippen LogP contribution is 2.24.